The highest BCUT2D eigenvalue weighted by molar-refractivity contribution is 5.70. The van der Waals surface area contributed by atoms with Crippen molar-refractivity contribution in [3.63, 3.8) is 0 Å². The lowest BCUT2D eigenvalue weighted by Gasteiger charge is -2.37. The number of aliphatic hydroxyl groups excluding tert-OH is 3. The highest BCUT2D eigenvalue weighted by atomic mass is 16.6. The average Bonchev–Trinajstić information content (AvgIpc) is 3.06. The first kappa shape index (κ1) is 54.4. The van der Waals surface area contributed by atoms with Gasteiger partial charge in [0, 0.05) is 32.3 Å². The van der Waals surface area contributed by atoms with Crippen LogP contribution in [0.4, 0.5) is 0 Å². The van der Waals surface area contributed by atoms with E-state index in [1.807, 2.05) is 54.4 Å². The SMILES string of the molecule is C/C=C/CC(C)C(O)C(C(C)O)C(C)C(CC)OC.C=C(C)CC1OC(=O)CC(O)CCC(C)(O)C(OC(C)=O)/C=C/C1C.C=O.CC.CN. The molecule has 296 valence electrons. The first-order valence-corrected chi connectivity index (χ1v) is 17.9. The summed E-state index contributed by atoms with van der Waals surface area (Å²) in [4.78, 5) is 31.4. The number of hydrogen-bond donors (Lipinski definition) is 5. The van der Waals surface area contributed by atoms with E-state index in [-0.39, 0.29) is 49.0 Å². The van der Waals surface area contributed by atoms with Gasteiger partial charge in [0.2, 0.25) is 0 Å². The Kier molecular flexibility index (Phi) is 34.1. The molecule has 0 aromatic heterocycles. The first-order chi connectivity index (χ1) is 23.4. The van der Waals surface area contributed by atoms with Gasteiger partial charge in [-0.15, -0.1) is 6.58 Å². The van der Waals surface area contributed by atoms with Crippen LogP contribution in [0.5, 0.6) is 0 Å². The highest BCUT2D eigenvalue weighted by Crippen LogP contribution is 2.31. The van der Waals surface area contributed by atoms with Crippen LogP contribution < -0.4 is 5.73 Å². The third-order valence-corrected chi connectivity index (χ3v) is 8.48. The van der Waals surface area contributed by atoms with Crippen LogP contribution in [-0.4, -0.2) is 95.5 Å². The van der Waals surface area contributed by atoms with Gasteiger partial charge in [-0.3, -0.25) is 9.59 Å². The number of carbonyl (C=O) groups excluding carboxylic acids is 3. The number of methoxy groups -OCH3 is 1. The first-order valence-electron chi connectivity index (χ1n) is 17.9. The van der Waals surface area contributed by atoms with Gasteiger partial charge in [0.05, 0.1) is 30.8 Å². The van der Waals surface area contributed by atoms with Crippen molar-refractivity contribution in [3.05, 3.63) is 36.5 Å². The van der Waals surface area contributed by atoms with Crippen molar-refractivity contribution in [1.82, 2.24) is 0 Å². The van der Waals surface area contributed by atoms with E-state index in [1.54, 1.807) is 33.1 Å². The zero-order chi connectivity index (χ0) is 40.2. The quantitative estimate of drug-likeness (QED) is 0.123. The van der Waals surface area contributed by atoms with Crippen molar-refractivity contribution >= 4 is 18.7 Å². The summed E-state index contributed by atoms with van der Waals surface area (Å²) in [5, 5.41) is 41.3. The van der Waals surface area contributed by atoms with Crippen LogP contribution in [0.1, 0.15) is 115 Å². The van der Waals surface area contributed by atoms with Crippen LogP contribution in [0.25, 0.3) is 0 Å². The van der Waals surface area contributed by atoms with E-state index < -0.39 is 48.1 Å². The van der Waals surface area contributed by atoms with Crippen molar-refractivity contribution in [2.75, 3.05) is 14.2 Å². The van der Waals surface area contributed by atoms with E-state index in [0.717, 1.165) is 18.4 Å². The van der Waals surface area contributed by atoms with Crippen molar-refractivity contribution < 1.29 is 49.0 Å². The zero-order valence-electron chi connectivity index (χ0n) is 33.6. The minimum atomic E-state index is -1.35. The largest absolute Gasteiger partial charge is 0.461 e. The van der Waals surface area contributed by atoms with Crippen LogP contribution in [0, 0.1) is 23.7 Å². The van der Waals surface area contributed by atoms with E-state index in [2.05, 4.69) is 32.2 Å². The molecule has 1 rings (SSSR count). The Morgan fingerprint density at radius 3 is 2.12 bits per heavy atom. The van der Waals surface area contributed by atoms with E-state index in [0.29, 0.717) is 6.42 Å². The van der Waals surface area contributed by atoms with Crippen molar-refractivity contribution in [1.29, 1.82) is 0 Å². The number of nitrogens with two attached hydrogens (primary N) is 1. The number of ether oxygens (including phenoxy) is 3. The molecule has 0 saturated heterocycles. The second-order valence-corrected chi connectivity index (χ2v) is 12.8. The van der Waals surface area contributed by atoms with E-state index in [9.17, 15) is 30.0 Å². The molecular formula is C39H75NO10. The van der Waals surface area contributed by atoms with Crippen LogP contribution in [0.3, 0.4) is 0 Å². The van der Waals surface area contributed by atoms with Crippen molar-refractivity contribution in [2.45, 2.75) is 157 Å². The Hall–Kier alpha value is -2.41. The van der Waals surface area contributed by atoms with Crippen LogP contribution in [0.15, 0.2) is 36.5 Å². The maximum Gasteiger partial charge on any atom is 0.308 e. The molecule has 0 fully saturated rings. The monoisotopic (exact) mass is 718 g/mol. The fourth-order valence-corrected chi connectivity index (χ4v) is 5.65. The molecule has 11 nitrogen and oxygen atoms in total. The van der Waals surface area contributed by atoms with Gasteiger partial charge in [-0.1, -0.05) is 65.3 Å². The van der Waals surface area contributed by atoms with E-state index >= 15 is 0 Å². The lowest BCUT2D eigenvalue weighted by Crippen LogP contribution is -2.43. The van der Waals surface area contributed by atoms with Gasteiger partial charge < -0.3 is 45.2 Å². The van der Waals surface area contributed by atoms with E-state index in [1.165, 1.54) is 14.0 Å². The van der Waals surface area contributed by atoms with E-state index in [4.69, 9.17) is 19.0 Å². The van der Waals surface area contributed by atoms with Gasteiger partial charge in [-0.2, -0.15) is 0 Å². The number of aliphatic hydroxyl groups is 4. The van der Waals surface area contributed by atoms with Gasteiger partial charge >= 0.3 is 11.9 Å². The van der Waals surface area contributed by atoms with Gasteiger partial charge in [-0.25, -0.2) is 0 Å². The summed E-state index contributed by atoms with van der Waals surface area (Å²) in [6.45, 7) is 26.3. The minimum absolute atomic E-state index is 0.0724. The molecular weight excluding hydrogens is 642 g/mol. The minimum Gasteiger partial charge on any atom is -0.461 e. The number of rotatable bonds is 12. The Morgan fingerprint density at radius 2 is 1.70 bits per heavy atom. The van der Waals surface area contributed by atoms with Gasteiger partial charge in [0.1, 0.15) is 24.6 Å². The molecule has 0 radical (unpaired) electrons. The fraction of sp³-hybridized carbons (Fsp3) is 0.769. The van der Waals surface area contributed by atoms with Crippen molar-refractivity contribution in [2.24, 2.45) is 29.4 Å². The normalized spacial score (nSPS) is 26.5. The topological polar surface area (TPSA) is 186 Å². The van der Waals surface area contributed by atoms with Crippen LogP contribution in [0.2, 0.25) is 0 Å². The average molecular weight is 718 g/mol. The molecule has 1 aliphatic heterocycles. The van der Waals surface area contributed by atoms with Gasteiger partial charge in [0.15, 0.2) is 0 Å². The van der Waals surface area contributed by atoms with Gasteiger partial charge in [0.25, 0.3) is 0 Å². The third kappa shape index (κ3) is 23.1. The number of esters is 2. The summed E-state index contributed by atoms with van der Waals surface area (Å²) >= 11 is 0. The predicted octanol–water partition coefficient (Wildman–Crippen LogP) is 5.71. The molecule has 11 atom stereocenters. The maximum absolute atomic E-state index is 12.1. The molecule has 0 spiro atoms. The molecule has 11 heteroatoms. The number of cyclic esters (lactones) is 1. The number of carbonyl (C=O) groups is 3. The number of allylic oxidation sites excluding steroid dienone is 2. The van der Waals surface area contributed by atoms with Crippen molar-refractivity contribution in [3.8, 4) is 0 Å². The molecule has 6 N–H and O–H groups in total. The second kappa shape index (κ2) is 31.3. The molecule has 0 aromatic rings. The van der Waals surface area contributed by atoms with Crippen LogP contribution >= 0.6 is 0 Å². The molecule has 0 aliphatic carbocycles. The summed E-state index contributed by atoms with van der Waals surface area (Å²) < 4.78 is 16.2. The Morgan fingerprint density at radius 1 is 1.16 bits per heavy atom. The molecule has 0 aromatic carbocycles. The molecule has 11 unspecified atom stereocenters. The molecule has 0 bridgehead atoms. The standard InChI is InChI=1S/C19H30O6.C16H32O3.C2H6.CH5N.CH2O/c1-12(2)10-16-13(3)6-7-17(24-14(4)20)19(5,23)9-8-15(21)11-18(22)25-16;1-7-9-10-11(3)16(18)15(13(5)17)12(4)14(8-2)19-6;3*1-2/h6-7,13,15-17,21,23H,1,8-11H2,2-5H3;7,9,11-18H,8,10H2,1-6H3;1-2H3;2H2,1H3;1H2/b7-6+;9-7+;;;. The fourth-order valence-electron chi connectivity index (χ4n) is 5.65. The van der Waals surface area contributed by atoms with Gasteiger partial charge in [-0.05, 0) is 78.3 Å². The number of hydrogen-bond acceptors (Lipinski definition) is 11. The summed E-state index contributed by atoms with van der Waals surface area (Å²) in [5.74, 6) is -1.06. The predicted molar refractivity (Wildman–Crippen MR) is 202 cm³/mol. The van der Waals surface area contributed by atoms with Crippen LogP contribution in [-0.2, 0) is 28.6 Å². The molecule has 50 heavy (non-hydrogen) atoms. The third-order valence-electron chi connectivity index (χ3n) is 8.48. The lowest BCUT2D eigenvalue weighted by molar-refractivity contribution is -0.157. The zero-order valence-corrected chi connectivity index (χ0v) is 33.6. The summed E-state index contributed by atoms with van der Waals surface area (Å²) in [6, 6.07) is 0. The molecule has 0 amide bonds. The second-order valence-electron chi connectivity index (χ2n) is 12.8. The summed E-state index contributed by atoms with van der Waals surface area (Å²) in [7, 11) is 3.19. The lowest BCUT2D eigenvalue weighted by atomic mass is 9.76. The summed E-state index contributed by atoms with van der Waals surface area (Å²) in [5.41, 5.74) is 4.02. The maximum atomic E-state index is 12.1. The Labute approximate surface area is 304 Å². The summed E-state index contributed by atoms with van der Waals surface area (Å²) in [6.07, 6.45) is 6.69. The molecule has 0 saturated carbocycles. The highest BCUT2D eigenvalue weighted by Gasteiger charge is 2.36. The Bertz CT molecular complexity index is 932. The molecule has 1 aliphatic rings. The smallest absolute Gasteiger partial charge is 0.308 e. The Balaban J connectivity index is -0.000000378. The molecule has 1 heterocycles.